The molecule has 0 saturated heterocycles. The van der Waals surface area contributed by atoms with E-state index in [1.807, 2.05) is 0 Å². The first-order valence-electron chi connectivity index (χ1n) is 7.79. The molecule has 0 radical (unpaired) electrons. The van der Waals surface area contributed by atoms with Gasteiger partial charge >= 0.3 is 69.5 Å². The molecule has 0 spiro atoms. The molecule has 0 unspecified atom stereocenters. The Morgan fingerprint density at radius 2 is 1.87 bits per heavy atom. The molecule has 0 saturated carbocycles. The van der Waals surface area contributed by atoms with E-state index in [-0.39, 0.29) is 31.8 Å². The number of benzene rings is 1. The van der Waals surface area contributed by atoms with Crippen molar-refractivity contribution in [3.05, 3.63) is 23.8 Å². The van der Waals surface area contributed by atoms with Crippen molar-refractivity contribution in [3.63, 3.8) is 0 Å². The van der Waals surface area contributed by atoms with Gasteiger partial charge in [-0.25, -0.2) is 0 Å². The van der Waals surface area contributed by atoms with E-state index in [2.05, 4.69) is 36.6 Å². The first-order chi connectivity index (χ1) is 11.0. The summed E-state index contributed by atoms with van der Waals surface area (Å²) in [6.07, 6.45) is 7.04. The summed E-state index contributed by atoms with van der Waals surface area (Å²) in [5, 5.41) is 25.6. The number of rotatable bonds is 8. The Balaban J connectivity index is 0.000000468. The fraction of sp³-hybridized carbons (Fsp3) is 0.500. The van der Waals surface area contributed by atoms with Crippen LogP contribution < -0.4 is 21.4 Å². The second-order valence-corrected chi connectivity index (χ2v) is 9.59. The fourth-order valence-electron chi connectivity index (χ4n) is 1.53. The van der Waals surface area contributed by atoms with Crippen molar-refractivity contribution in [2.45, 2.75) is 48.4 Å². The molecular weight excluding hydrogens is 417 g/mol. The zero-order valence-corrected chi connectivity index (χ0v) is 17.5. The van der Waals surface area contributed by atoms with Crippen molar-refractivity contribution in [1.82, 2.24) is 5.43 Å². The summed E-state index contributed by atoms with van der Waals surface area (Å²) >= 11 is 4.63. The van der Waals surface area contributed by atoms with Crippen LogP contribution in [0.1, 0.15) is 45.1 Å². The summed E-state index contributed by atoms with van der Waals surface area (Å²) in [7, 11) is 0. The molecule has 1 aromatic rings. The first-order valence-corrected chi connectivity index (χ1v) is 12.2. The maximum Gasteiger partial charge on any atom is 0.184 e. The zero-order valence-electron chi connectivity index (χ0n) is 13.8. The minimum absolute atomic E-state index is 0.00743. The van der Waals surface area contributed by atoms with Gasteiger partial charge in [-0.3, -0.25) is 5.43 Å². The van der Waals surface area contributed by atoms with Gasteiger partial charge in [-0.05, 0) is 17.8 Å². The molecule has 3 N–H and O–H groups in total. The zero-order chi connectivity index (χ0) is 17.5. The minimum atomic E-state index is -0.596. The molecule has 0 aliphatic carbocycles. The van der Waals surface area contributed by atoms with Crippen LogP contribution in [0.25, 0.3) is 0 Å². The normalized spacial score (nSPS) is 9.83. The molecule has 0 heterocycles. The van der Waals surface area contributed by atoms with Crippen LogP contribution in [0.2, 0.25) is 8.87 Å². The maximum atomic E-state index is 11.1. The Labute approximate surface area is 154 Å². The van der Waals surface area contributed by atoms with E-state index in [0.29, 0.717) is 0 Å². The largest absolute Gasteiger partial charge is 0.873 e. The van der Waals surface area contributed by atoms with Crippen LogP contribution in [0.5, 0.6) is 11.5 Å². The van der Waals surface area contributed by atoms with Gasteiger partial charge in [0.25, 0.3) is 0 Å². The van der Waals surface area contributed by atoms with Crippen LogP contribution in [0.4, 0.5) is 0 Å². The topological polar surface area (TPSA) is 96.5 Å². The molecule has 0 fully saturated rings. The second-order valence-electron chi connectivity index (χ2n) is 4.87. The number of nitrogens with two attached hydrogens (primary N) is 1. The van der Waals surface area contributed by atoms with E-state index in [1.165, 1.54) is 50.1 Å². The van der Waals surface area contributed by atoms with Crippen LogP contribution in [0.3, 0.4) is 0 Å². The summed E-state index contributed by atoms with van der Waals surface area (Å²) in [5.41, 5.74) is 7.57. The van der Waals surface area contributed by atoms with E-state index in [4.69, 9.17) is 5.73 Å². The number of nitrogens with zero attached hydrogens (tertiary/aromatic N) is 1. The number of hydrazone groups is 1. The molecule has 23 heavy (non-hydrogen) atoms. The third-order valence-electron chi connectivity index (χ3n) is 2.80. The van der Waals surface area contributed by atoms with Gasteiger partial charge in [-0.15, -0.1) is 11.5 Å². The maximum absolute atomic E-state index is 11.1. The average Bonchev–Trinajstić information content (AvgIpc) is 2.52. The molecule has 0 aliphatic rings. The van der Waals surface area contributed by atoms with Gasteiger partial charge in [0.05, 0.1) is 6.21 Å². The van der Waals surface area contributed by atoms with Crippen LogP contribution >= 0.6 is 12.2 Å². The van der Waals surface area contributed by atoms with E-state index < -0.39 is 11.5 Å². The van der Waals surface area contributed by atoms with E-state index in [1.54, 1.807) is 8.87 Å². The standard InChI is InChI=1S/C8H9N3O2S.2C4H9.Sn/c9-8(14)11-10-4-5-2-1-3-6(12)7(5)13;2*1-3-4-2;/h1-4,12-13H,(H3,9,11,14);2*1,3-4H2,2H3;/q;;;+2/p-2/b10-4+;;;. The Morgan fingerprint density at radius 3 is 2.39 bits per heavy atom. The third-order valence-corrected chi connectivity index (χ3v) is 6.93. The number of thiocarbonyl (C=S) groups is 1. The van der Waals surface area contributed by atoms with Crippen molar-refractivity contribution in [3.8, 4) is 11.5 Å². The molecule has 5 nitrogen and oxygen atoms in total. The van der Waals surface area contributed by atoms with Gasteiger partial charge in [0.1, 0.15) is 0 Å². The molecule has 0 bridgehead atoms. The van der Waals surface area contributed by atoms with Gasteiger partial charge in [-0.2, -0.15) is 5.10 Å². The minimum Gasteiger partial charge on any atom is -0.873 e. The summed E-state index contributed by atoms with van der Waals surface area (Å²) in [5.74, 6) is -1.16. The molecule has 0 aromatic heterocycles. The Morgan fingerprint density at radius 1 is 1.26 bits per heavy atom. The van der Waals surface area contributed by atoms with Crippen LogP contribution in [-0.4, -0.2) is 32.5 Å². The third kappa shape index (κ3) is 12.1. The molecule has 0 atom stereocenters. The predicted octanol–water partition coefficient (Wildman–Crippen LogP) is 2.13. The Hall–Kier alpha value is -1.02. The molecule has 7 heteroatoms. The van der Waals surface area contributed by atoms with Gasteiger partial charge in [0, 0.05) is 0 Å². The van der Waals surface area contributed by atoms with E-state index in [0.717, 1.165) is 0 Å². The molecule has 0 aliphatic heterocycles. The van der Waals surface area contributed by atoms with Crippen LogP contribution in [0, 0.1) is 0 Å². The molecular formula is C16H25N3O2SSn. The Bertz CT molecular complexity index is 478. The summed E-state index contributed by atoms with van der Waals surface area (Å²) in [4.78, 5) is 0. The number of nitrogens with one attached hydrogen (secondary N) is 1. The first kappa shape index (κ1) is 22.0. The number of hydrogen-bond acceptors (Lipinski definition) is 4. The molecule has 1 rings (SSSR count). The van der Waals surface area contributed by atoms with Crippen molar-refractivity contribution in [1.29, 1.82) is 0 Å². The van der Waals surface area contributed by atoms with Crippen LogP contribution in [-0.2, 0) is 0 Å². The molecule has 126 valence electrons. The van der Waals surface area contributed by atoms with E-state index in [9.17, 15) is 10.2 Å². The number of hydrogen-bond donors (Lipinski definition) is 2. The number of para-hydroxylation sites is 1. The van der Waals surface area contributed by atoms with Gasteiger partial charge < -0.3 is 15.9 Å². The van der Waals surface area contributed by atoms with Gasteiger partial charge in [0.2, 0.25) is 0 Å². The Kier molecular flexibility index (Phi) is 13.9. The quantitative estimate of drug-likeness (QED) is 0.212. The number of unbranched alkanes of at least 4 members (excludes halogenated alkanes) is 2. The van der Waals surface area contributed by atoms with Crippen LogP contribution in [0.15, 0.2) is 23.3 Å². The van der Waals surface area contributed by atoms with Crippen molar-refractivity contribution in [2.75, 3.05) is 0 Å². The molecule has 0 amide bonds. The predicted molar refractivity (Wildman–Crippen MR) is 98.0 cm³/mol. The second kappa shape index (κ2) is 14.6. The summed E-state index contributed by atoms with van der Waals surface area (Å²) < 4.78 is 3.25. The smallest absolute Gasteiger partial charge is 0.184 e. The fourth-order valence-corrected chi connectivity index (χ4v) is 5.74. The average molecular weight is 442 g/mol. The van der Waals surface area contributed by atoms with Crippen molar-refractivity contribution >= 4 is 44.7 Å². The van der Waals surface area contributed by atoms with E-state index >= 15 is 0 Å². The van der Waals surface area contributed by atoms with Crippen molar-refractivity contribution in [2.24, 2.45) is 10.8 Å². The van der Waals surface area contributed by atoms with Gasteiger partial charge in [-0.1, -0.05) is 18.2 Å². The summed E-state index contributed by atoms with van der Waals surface area (Å²) in [6, 6.07) is 4.15. The summed E-state index contributed by atoms with van der Waals surface area (Å²) in [6.45, 7) is 4.58. The molecule has 1 aromatic carbocycles. The van der Waals surface area contributed by atoms with Crippen molar-refractivity contribution < 1.29 is 10.2 Å². The SMILES string of the molecule is CCC[CH2][Sn+2][CH2]CCC.NC(=S)N/N=C/c1cccc([O-])c1[O-]. The monoisotopic (exact) mass is 443 g/mol. The van der Waals surface area contributed by atoms with Gasteiger partial charge in [0.15, 0.2) is 5.11 Å².